The number of hydrogen-bond donors (Lipinski definition) is 2. The molecule has 3 aromatic rings. The van der Waals surface area contributed by atoms with Crippen molar-refractivity contribution in [3.63, 3.8) is 0 Å². The summed E-state index contributed by atoms with van der Waals surface area (Å²) in [6.07, 6.45) is 2.46. The highest BCUT2D eigenvalue weighted by Crippen LogP contribution is 2.16. The lowest BCUT2D eigenvalue weighted by molar-refractivity contribution is 0.0600. The lowest BCUT2D eigenvalue weighted by Gasteiger charge is -2.09. The van der Waals surface area contributed by atoms with Crippen LogP contribution in [0.15, 0.2) is 48.7 Å². The Hall–Kier alpha value is -3.68. The van der Waals surface area contributed by atoms with Crippen LogP contribution in [0.25, 0.3) is 5.52 Å². The number of carbonyl (C=O) groups excluding carboxylic acids is 3. The minimum Gasteiger partial charge on any atom is -0.465 e. The topological polar surface area (TPSA) is 102 Å². The Kier molecular flexibility index (Phi) is 5.92. The molecule has 0 bridgehead atoms. The van der Waals surface area contributed by atoms with E-state index in [1.54, 1.807) is 53.1 Å². The molecule has 1 unspecified atom stereocenters. The lowest BCUT2D eigenvalue weighted by Crippen LogP contribution is -2.32. The Morgan fingerprint density at radius 1 is 1.10 bits per heavy atom. The molecule has 150 valence electrons. The number of anilines is 1. The maximum Gasteiger partial charge on any atom is 0.337 e. The summed E-state index contributed by atoms with van der Waals surface area (Å²) < 4.78 is 6.23. The molecular weight excluding hydrogens is 372 g/mol. The normalized spacial score (nSPS) is 11.7. The molecule has 0 saturated carbocycles. The van der Waals surface area contributed by atoms with E-state index < -0.39 is 11.9 Å². The van der Waals surface area contributed by atoms with Gasteiger partial charge in [0.25, 0.3) is 11.8 Å². The molecule has 0 aliphatic heterocycles. The minimum atomic E-state index is -0.473. The molecule has 8 heteroatoms. The zero-order chi connectivity index (χ0) is 21.0. The van der Waals surface area contributed by atoms with E-state index in [4.69, 9.17) is 0 Å². The van der Waals surface area contributed by atoms with Crippen LogP contribution in [-0.4, -0.2) is 40.3 Å². The fourth-order valence-electron chi connectivity index (χ4n) is 2.75. The molecular formula is C21H22N4O4. The van der Waals surface area contributed by atoms with Crippen LogP contribution < -0.4 is 10.6 Å². The first-order valence-electron chi connectivity index (χ1n) is 9.22. The molecule has 0 radical (unpaired) electrons. The van der Waals surface area contributed by atoms with Gasteiger partial charge in [0.1, 0.15) is 0 Å². The average molecular weight is 394 g/mol. The van der Waals surface area contributed by atoms with Crippen molar-refractivity contribution >= 4 is 29.0 Å². The number of aromatic nitrogens is 2. The van der Waals surface area contributed by atoms with Crippen LogP contribution in [0.2, 0.25) is 0 Å². The third-order valence-electron chi connectivity index (χ3n) is 4.52. The van der Waals surface area contributed by atoms with Crippen molar-refractivity contribution < 1.29 is 19.1 Å². The Bertz CT molecular complexity index is 1060. The second kappa shape index (κ2) is 8.55. The van der Waals surface area contributed by atoms with E-state index in [1.165, 1.54) is 7.11 Å². The van der Waals surface area contributed by atoms with Gasteiger partial charge in [-0.15, -0.1) is 0 Å². The van der Waals surface area contributed by atoms with Crippen molar-refractivity contribution in [2.75, 3.05) is 12.4 Å². The molecule has 0 spiro atoms. The first-order valence-corrected chi connectivity index (χ1v) is 9.22. The molecule has 2 aromatic heterocycles. The van der Waals surface area contributed by atoms with E-state index >= 15 is 0 Å². The van der Waals surface area contributed by atoms with Crippen LogP contribution in [0.3, 0.4) is 0 Å². The molecule has 1 aromatic carbocycles. The molecule has 2 heterocycles. The fourth-order valence-corrected chi connectivity index (χ4v) is 2.75. The van der Waals surface area contributed by atoms with Crippen molar-refractivity contribution in [3.8, 4) is 0 Å². The van der Waals surface area contributed by atoms with Gasteiger partial charge in [0, 0.05) is 17.9 Å². The Morgan fingerprint density at radius 2 is 1.83 bits per heavy atom. The quantitative estimate of drug-likeness (QED) is 0.626. The molecule has 0 saturated heterocycles. The van der Waals surface area contributed by atoms with Crippen LogP contribution in [0.5, 0.6) is 0 Å². The smallest absolute Gasteiger partial charge is 0.337 e. The summed E-state index contributed by atoms with van der Waals surface area (Å²) in [5, 5.41) is 5.60. The number of fused-ring (bicyclic) bond motifs is 1. The number of imidazole rings is 1. The number of hydrogen-bond acceptors (Lipinski definition) is 5. The van der Waals surface area contributed by atoms with Gasteiger partial charge in [-0.05, 0) is 49.7 Å². The van der Waals surface area contributed by atoms with E-state index in [2.05, 4.69) is 20.4 Å². The zero-order valence-electron chi connectivity index (χ0n) is 16.4. The van der Waals surface area contributed by atoms with Crippen LogP contribution in [0, 0.1) is 0 Å². The molecule has 0 aliphatic rings. The summed E-state index contributed by atoms with van der Waals surface area (Å²) in [4.78, 5) is 41.2. The van der Waals surface area contributed by atoms with Gasteiger partial charge in [-0.2, -0.15) is 0 Å². The summed E-state index contributed by atoms with van der Waals surface area (Å²) in [7, 11) is 1.30. The number of nitrogens with one attached hydrogen (secondary N) is 2. The number of amides is 2. The molecule has 29 heavy (non-hydrogen) atoms. The highest BCUT2D eigenvalue weighted by atomic mass is 16.5. The van der Waals surface area contributed by atoms with Gasteiger partial charge in [0.05, 0.1) is 18.2 Å². The van der Waals surface area contributed by atoms with Crippen LogP contribution in [0.1, 0.15) is 51.7 Å². The van der Waals surface area contributed by atoms with E-state index in [0.717, 1.165) is 6.42 Å². The second-order valence-electron chi connectivity index (χ2n) is 6.55. The summed E-state index contributed by atoms with van der Waals surface area (Å²) in [5.41, 5.74) is 1.60. The Balaban J connectivity index is 1.88. The van der Waals surface area contributed by atoms with Crippen LogP contribution in [-0.2, 0) is 4.74 Å². The van der Waals surface area contributed by atoms with Crippen molar-refractivity contribution in [2.45, 2.75) is 26.3 Å². The summed E-state index contributed by atoms with van der Waals surface area (Å²) in [6, 6.07) is 11.6. The fraction of sp³-hybridized carbons (Fsp3) is 0.238. The second-order valence-corrected chi connectivity index (χ2v) is 6.55. The summed E-state index contributed by atoms with van der Waals surface area (Å²) in [6.45, 7) is 3.88. The third kappa shape index (κ3) is 4.26. The molecule has 2 N–H and O–H groups in total. The van der Waals surface area contributed by atoms with Crippen LogP contribution >= 0.6 is 0 Å². The van der Waals surface area contributed by atoms with Crippen molar-refractivity contribution in [1.82, 2.24) is 14.7 Å². The predicted octanol–water partition coefficient (Wildman–Crippen LogP) is 2.90. The third-order valence-corrected chi connectivity index (χ3v) is 4.52. The Labute approximate surface area is 167 Å². The van der Waals surface area contributed by atoms with E-state index in [0.29, 0.717) is 16.8 Å². The summed E-state index contributed by atoms with van der Waals surface area (Å²) in [5.74, 6) is -1.17. The van der Waals surface area contributed by atoms with Crippen molar-refractivity contribution in [1.29, 1.82) is 0 Å². The van der Waals surface area contributed by atoms with Gasteiger partial charge in [-0.1, -0.05) is 13.0 Å². The molecule has 2 amide bonds. The minimum absolute atomic E-state index is 0.00596. The Morgan fingerprint density at radius 3 is 2.48 bits per heavy atom. The van der Waals surface area contributed by atoms with E-state index in [9.17, 15) is 14.4 Å². The van der Waals surface area contributed by atoms with Crippen LogP contribution in [0.4, 0.5) is 5.69 Å². The van der Waals surface area contributed by atoms with Gasteiger partial charge in [-0.25, -0.2) is 9.78 Å². The monoisotopic (exact) mass is 394 g/mol. The number of carbonyl (C=O) groups is 3. The number of methoxy groups -OCH3 is 1. The van der Waals surface area contributed by atoms with Gasteiger partial charge in [0.2, 0.25) is 5.82 Å². The number of pyridine rings is 1. The van der Waals surface area contributed by atoms with Crippen molar-refractivity contribution in [2.24, 2.45) is 0 Å². The van der Waals surface area contributed by atoms with Gasteiger partial charge in [-0.3, -0.25) is 14.0 Å². The number of nitrogens with zero attached hydrogens (tertiary/aromatic N) is 2. The molecule has 3 rings (SSSR count). The SMILES string of the molecule is CCC(C)NC(=O)c1nc(C(=O)Nc2ccc(C(=O)OC)cc2)n2ccccc12. The van der Waals surface area contributed by atoms with Gasteiger partial charge < -0.3 is 15.4 Å². The largest absolute Gasteiger partial charge is 0.465 e. The van der Waals surface area contributed by atoms with E-state index in [1.807, 2.05) is 13.8 Å². The highest BCUT2D eigenvalue weighted by molar-refractivity contribution is 6.06. The number of ether oxygens (including phenoxy) is 1. The average Bonchev–Trinajstić information content (AvgIpc) is 3.13. The molecule has 0 aliphatic carbocycles. The van der Waals surface area contributed by atoms with E-state index in [-0.39, 0.29) is 23.5 Å². The van der Waals surface area contributed by atoms with Gasteiger partial charge >= 0.3 is 5.97 Å². The maximum atomic E-state index is 12.8. The number of rotatable bonds is 6. The predicted molar refractivity (Wildman–Crippen MR) is 108 cm³/mol. The summed E-state index contributed by atoms with van der Waals surface area (Å²) >= 11 is 0. The standard InChI is InChI=1S/C21H22N4O4/c1-4-13(2)22-19(26)17-16-7-5-6-12-25(16)18(24-17)20(27)23-15-10-8-14(9-11-15)21(28)29-3/h5-13H,4H2,1-3H3,(H,22,26)(H,23,27). The zero-order valence-corrected chi connectivity index (χ0v) is 16.4. The lowest BCUT2D eigenvalue weighted by atomic mass is 10.2. The number of benzene rings is 1. The van der Waals surface area contributed by atoms with Gasteiger partial charge in [0.15, 0.2) is 5.69 Å². The molecule has 8 nitrogen and oxygen atoms in total. The number of esters is 1. The first-order chi connectivity index (χ1) is 13.9. The highest BCUT2D eigenvalue weighted by Gasteiger charge is 2.22. The molecule has 1 atom stereocenters. The van der Waals surface area contributed by atoms with Crippen molar-refractivity contribution in [3.05, 3.63) is 65.7 Å². The first kappa shape index (κ1) is 20.1. The maximum absolute atomic E-state index is 12.8. The molecule has 0 fully saturated rings.